The molecule has 1 aliphatic heterocycles. The Morgan fingerprint density at radius 3 is 2.81 bits per heavy atom. The summed E-state index contributed by atoms with van der Waals surface area (Å²) in [5, 5.41) is 3.49. The lowest BCUT2D eigenvalue weighted by molar-refractivity contribution is 0.296. The third kappa shape index (κ3) is 5.51. The molecule has 0 aromatic heterocycles. The minimum absolute atomic E-state index is 0.725. The van der Waals surface area contributed by atoms with Gasteiger partial charge in [-0.25, -0.2) is 0 Å². The highest BCUT2D eigenvalue weighted by molar-refractivity contribution is 9.10. The van der Waals surface area contributed by atoms with E-state index in [-0.39, 0.29) is 0 Å². The van der Waals surface area contributed by atoms with Gasteiger partial charge in [-0.2, -0.15) is 0 Å². The average Bonchev–Trinajstić information content (AvgIpc) is 2.68. The molecule has 0 atom stereocenters. The molecule has 0 radical (unpaired) electrons. The Bertz CT molecular complexity index is 449. The Kier molecular flexibility index (Phi) is 6.84. The van der Waals surface area contributed by atoms with E-state index in [1.807, 2.05) is 0 Å². The molecule has 3 nitrogen and oxygen atoms in total. The van der Waals surface area contributed by atoms with Crippen molar-refractivity contribution in [2.24, 2.45) is 5.92 Å². The highest BCUT2D eigenvalue weighted by Crippen LogP contribution is 2.38. The van der Waals surface area contributed by atoms with E-state index in [4.69, 9.17) is 9.47 Å². The lowest BCUT2D eigenvalue weighted by atomic mass is 10.1. The van der Waals surface area contributed by atoms with Gasteiger partial charge in [0.15, 0.2) is 11.5 Å². The molecule has 0 spiro atoms. The summed E-state index contributed by atoms with van der Waals surface area (Å²) in [5.41, 5.74) is 1.31. The fraction of sp³-hybridized carbons (Fsp3) is 0.647. The van der Waals surface area contributed by atoms with Crippen LogP contribution in [0.1, 0.15) is 38.7 Å². The maximum Gasteiger partial charge on any atom is 0.175 e. The van der Waals surface area contributed by atoms with E-state index in [2.05, 4.69) is 47.2 Å². The Hall–Kier alpha value is -0.740. The van der Waals surface area contributed by atoms with E-state index in [1.54, 1.807) is 0 Å². The predicted molar refractivity (Wildman–Crippen MR) is 90.4 cm³/mol. The van der Waals surface area contributed by atoms with Crippen LogP contribution in [0.5, 0.6) is 11.5 Å². The SMILES string of the molecule is CC(C)CNCCCCc1cc(Br)c2c(c1)OCCCO2. The molecule has 1 aromatic rings. The van der Waals surface area contributed by atoms with Gasteiger partial charge >= 0.3 is 0 Å². The lowest BCUT2D eigenvalue weighted by Gasteiger charge is -2.12. The van der Waals surface area contributed by atoms with Gasteiger partial charge in [0.2, 0.25) is 0 Å². The van der Waals surface area contributed by atoms with Crippen LogP contribution in [0.15, 0.2) is 16.6 Å². The first kappa shape index (κ1) is 16.6. The predicted octanol–water partition coefficient (Wildman–Crippen LogP) is 4.18. The topological polar surface area (TPSA) is 30.5 Å². The monoisotopic (exact) mass is 355 g/mol. The van der Waals surface area contributed by atoms with Gasteiger partial charge in [-0.1, -0.05) is 13.8 Å². The molecular weight excluding hydrogens is 330 g/mol. The van der Waals surface area contributed by atoms with E-state index >= 15 is 0 Å². The zero-order valence-electron chi connectivity index (χ0n) is 13.1. The first-order valence-electron chi connectivity index (χ1n) is 7.95. The number of hydrogen-bond donors (Lipinski definition) is 1. The Morgan fingerprint density at radius 1 is 1.19 bits per heavy atom. The molecule has 2 rings (SSSR count). The second kappa shape index (κ2) is 8.64. The fourth-order valence-corrected chi connectivity index (χ4v) is 3.00. The van der Waals surface area contributed by atoms with Crippen molar-refractivity contribution in [2.75, 3.05) is 26.3 Å². The maximum atomic E-state index is 5.77. The normalized spacial score (nSPS) is 14.3. The molecule has 0 bridgehead atoms. The van der Waals surface area contributed by atoms with Crippen LogP contribution in [0.25, 0.3) is 0 Å². The molecule has 0 saturated carbocycles. The van der Waals surface area contributed by atoms with E-state index in [0.717, 1.165) is 61.0 Å². The number of unbranched alkanes of at least 4 members (excludes halogenated alkanes) is 1. The maximum absolute atomic E-state index is 5.77. The third-order valence-corrected chi connectivity index (χ3v) is 4.07. The molecule has 0 fully saturated rings. The summed E-state index contributed by atoms with van der Waals surface area (Å²) < 4.78 is 12.5. The molecule has 0 aliphatic carbocycles. The lowest BCUT2D eigenvalue weighted by Crippen LogP contribution is -2.20. The summed E-state index contributed by atoms with van der Waals surface area (Å²) in [4.78, 5) is 0. The number of nitrogens with one attached hydrogen (secondary N) is 1. The van der Waals surface area contributed by atoms with Crippen molar-refractivity contribution in [1.29, 1.82) is 0 Å². The second-order valence-electron chi connectivity index (χ2n) is 6.01. The zero-order chi connectivity index (χ0) is 15.1. The van der Waals surface area contributed by atoms with Crippen molar-refractivity contribution in [3.63, 3.8) is 0 Å². The summed E-state index contributed by atoms with van der Waals surface area (Å²) in [5.74, 6) is 2.47. The van der Waals surface area contributed by atoms with Gasteiger partial charge in [0.25, 0.3) is 0 Å². The molecule has 4 heteroatoms. The number of aryl methyl sites for hydroxylation is 1. The van der Waals surface area contributed by atoms with E-state index in [1.165, 1.54) is 18.4 Å². The Balaban J connectivity index is 1.81. The van der Waals surface area contributed by atoms with Crippen molar-refractivity contribution in [3.05, 3.63) is 22.2 Å². The van der Waals surface area contributed by atoms with Crippen molar-refractivity contribution in [2.45, 2.75) is 39.5 Å². The molecule has 1 aliphatic rings. The molecule has 1 heterocycles. The van der Waals surface area contributed by atoms with E-state index in [0.29, 0.717) is 0 Å². The number of rotatable bonds is 7. The summed E-state index contributed by atoms with van der Waals surface area (Å²) in [6, 6.07) is 4.29. The number of halogens is 1. The molecule has 21 heavy (non-hydrogen) atoms. The number of hydrogen-bond acceptors (Lipinski definition) is 3. The van der Waals surface area contributed by atoms with E-state index in [9.17, 15) is 0 Å². The summed E-state index contributed by atoms with van der Waals surface area (Å²) in [7, 11) is 0. The quantitative estimate of drug-likeness (QED) is 0.744. The van der Waals surface area contributed by atoms with Gasteiger partial charge in [0, 0.05) is 6.42 Å². The molecule has 0 unspecified atom stereocenters. The largest absolute Gasteiger partial charge is 0.490 e. The minimum Gasteiger partial charge on any atom is -0.490 e. The number of fused-ring (bicyclic) bond motifs is 1. The van der Waals surface area contributed by atoms with Crippen LogP contribution in [0.4, 0.5) is 0 Å². The van der Waals surface area contributed by atoms with Gasteiger partial charge in [-0.05, 0) is 71.9 Å². The number of ether oxygens (including phenoxy) is 2. The Labute approximate surface area is 136 Å². The van der Waals surface area contributed by atoms with Crippen LogP contribution in [-0.4, -0.2) is 26.3 Å². The first-order valence-corrected chi connectivity index (χ1v) is 8.75. The molecule has 118 valence electrons. The van der Waals surface area contributed by atoms with Crippen LogP contribution >= 0.6 is 15.9 Å². The molecular formula is C17H26BrNO2. The Morgan fingerprint density at radius 2 is 2.00 bits per heavy atom. The summed E-state index contributed by atoms with van der Waals surface area (Å²) in [6.07, 6.45) is 4.42. The highest BCUT2D eigenvalue weighted by Gasteiger charge is 2.15. The van der Waals surface area contributed by atoms with Crippen molar-refractivity contribution < 1.29 is 9.47 Å². The smallest absolute Gasteiger partial charge is 0.175 e. The van der Waals surface area contributed by atoms with Crippen molar-refractivity contribution >= 4 is 15.9 Å². The highest BCUT2D eigenvalue weighted by atomic mass is 79.9. The van der Waals surface area contributed by atoms with Gasteiger partial charge in [-0.3, -0.25) is 0 Å². The summed E-state index contributed by atoms with van der Waals surface area (Å²) in [6.45, 7) is 8.15. The van der Waals surface area contributed by atoms with Crippen LogP contribution in [0, 0.1) is 5.92 Å². The van der Waals surface area contributed by atoms with Gasteiger partial charge in [-0.15, -0.1) is 0 Å². The average molecular weight is 356 g/mol. The third-order valence-electron chi connectivity index (χ3n) is 3.48. The van der Waals surface area contributed by atoms with Crippen molar-refractivity contribution in [1.82, 2.24) is 5.32 Å². The first-order chi connectivity index (χ1) is 10.2. The van der Waals surface area contributed by atoms with Gasteiger partial charge in [0.05, 0.1) is 17.7 Å². The van der Waals surface area contributed by atoms with Crippen LogP contribution in [0.2, 0.25) is 0 Å². The van der Waals surface area contributed by atoms with Crippen LogP contribution in [0.3, 0.4) is 0 Å². The molecule has 1 N–H and O–H groups in total. The van der Waals surface area contributed by atoms with Crippen LogP contribution < -0.4 is 14.8 Å². The van der Waals surface area contributed by atoms with Crippen LogP contribution in [-0.2, 0) is 6.42 Å². The minimum atomic E-state index is 0.725. The zero-order valence-corrected chi connectivity index (χ0v) is 14.7. The fourth-order valence-electron chi connectivity index (χ4n) is 2.40. The molecule has 0 saturated heterocycles. The standard InChI is InChI=1S/C17H26BrNO2/c1-13(2)12-19-7-4-3-6-14-10-15(18)17-16(11-14)20-8-5-9-21-17/h10-11,13,19H,3-9,12H2,1-2H3. The summed E-state index contributed by atoms with van der Waals surface area (Å²) >= 11 is 3.60. The molecule has 1 aromatic carbocycles. The van der Waals surface area contributed by atoms with Gasteiger partial charge in [0.1, 0.15) is 0 Å². The van der Waals surface area contributed by atoms with E-state index < -0.39 is 0 Å². The number of benzene rings is 1. The van der Waals surface area contributed by atoms with Gasteiger partial charge < -0.3 is 14.8 Å². The second-order valence-corrected chi connectivity index (χ2v) is 6.86. The van der Waals surface area contributed by atoms with Crippen molar-refractivity contribution in [3.8, 4) is 11.5 Å². The molecule has 0 amide bonds.